The van der Waals surface area contributed by atoms with Gasteiger partial charge in [0.1, 0.15) is 18.2 Å². The minimum atomic E-state index is -2.36. The van der Waals surface area contributed by atoms with Gasteiger partial charge in [-0.25, -0.2) is 4.79 Å². The molecule has 2 heterocycles. The highest BCUT2D eigenvalue weighted by atomic mass is 16.7. The first kappa shape index (κ1) is 32.6. The molecule has 2 aliphatic heterocycles. The molecular formula is C29H47NO10. The van der Waals surface area contributed by atoms with E-state index in [1.54, 1.807) is 21.0 Å². The van der Waals surface area contributed by atoms with Crippen molar-refractivity contribution in [3.63, 3.8) is 0 Å². The summed E-state index contributed by atoms with van der Waals surface area (Å²) in [6.45, 7) is 5.56. The van der Waals surface area contributed by atoms with Crippen LogP contribution in [-0.2, 0) is 38.1 Å². The first-order valence-electron chi connectivity index (χ1n) is 14.3. The summed E-state index contributed by atoms with van der Waals surface area (Å²) in [5.41, 5.74) is 0.866. The van der Waals surface area contributed by atoms with Gasteiger partial charge in [-0.2, -0.15) is 0 Å². The maximum atomic E-state index is 13.5. The Hall–Kier alpha value is -1.89. The summed E-state index contributed by atoms with van der Waals surface area (Å²) in [6, 6.07) is -0.938. The molecule has 11 nitrogen and oxygen atoms in total. The molecule has 0 bridgehead atoms. The quantitative estimate of drug-likeness (QED) is 0.227. The Morgan fingerprint density at radius 3 is 2.42 bits per heavy atom. The van der Waals surface area contributed by atoms with Gasteiger partial charge >= 0.3 is 5.97 Å². The molecule has 0 radical (unpaired) electrons. The van der Waals surface area contributed by atoms with E-state index in [9.17, 15) is 24.6 Å². The van der Waals surface area contributed by atoms with E-state index in [1.807, 2.05) is 6.92 Å². The van der Waals surface area contributed by atoms with Crippen LogP contribution in [0.15, 0.2) is 11.6 Å². The number of aliphatic hydroxyl groups excluding tert-OH is 1. The molecule has 228 valence electrons. The summed E-state index contributed by atoms with van der Waals surface area (Å²) in [4.78, 5) is 41.4. The summed E-state index contributed by atoms with van der Waals surface area (Å²) in [5.74, 6) is -5.54. The summed E-state index contributed by atoms with van der Waals surface area (Å²) < 4.78 is 27.5. The molecule has 40 heavy (non-hydrogen) atoms. The van der Waals surface area contributed by atoms with Gasteiger partial charge in [0.15, 0.2) is 0 Å². The van der Waals surface area contributed by atoms with Crippen LogP contribution in [0.25, 0.3) is 0 Å². The van der Waals surface area contributed by atoms with Crippen LogP contribution in [0.4, 0.5) is 0 Å². The van der Waals surface area contributed by atoms with E-state index < -0.39 is 59.8 Å². The summed E-state index contributed by atoms with van der Waals surface area (Å²) >= 11 is 0. The highest BCUT2D eigenvalue weighted by Gasteiger charge is 2.55. The zero-order chi connectivity index (χ0) is 29.6. The smallest absolute Gasteiger partial charge is 0.329 e. The number of carbonyl (C=O) groups excluding carboxylic acids is 3. The third-order valence-electron chi connectivity index (χ3n) is 8.72. The third-order valence-corrected chi connectivity index (χ3v) is 8.72. The molecule has 11 heteroatoms. The van der Waals surface area contributed by atoms with Gasteiger partial charge in [-0.05, 0) is 70.3 Å². The summed E-state index contributed by atoms with van der Waals surface area (Å²) in [6.07, 6.45) is 3.78. The molecule has 2 N–H and O–H groups in total. The van der Waals surface area contributed by atoms with Crippen molar-refractivity contribution in [3.05, 3.63) is 11.6 Å². The van der Waals surface area contributed by atoms with Crippen LogP contribution in [0.1, 0.15) is 65.7 Å². The minimum absolute atomic E-state index is 0.0754. The molecule has 3 rings (SSSR count). The number of hydrogen-bond donors (Lipinski definition) is 2. The second-order valence-electron chi connectivity index (χ2n) is 11.5. The number of ether oxygens (including phenoxy) is 5. The van der Waals surface area contributed by atoms with Crippen LogP contribution >= 0.6 is 0 Å². The van der Waals surface area contributed by atoms with Crippen molar-refractivity contribution in [1.29, 1.82) is 0 Å². The molecule has 0 spiro atoms. The number of rotatable bonds is 10. The number of methoxy groups -OCH3 is 3. The van der Waals surface area contributed by atoms with Gasteiger partial charge in [0.05, 0.1) is 24.9 Å². The Morgan fingerprint density at radius 2 is 1.77 bits per heavy atom. The van der Waals surface area contributed by atoms with E-state index >= 15 is 0 Å². The zero-order valence-electron chi connectivity index (χ0n) is 24.7. The standard InChI is InChI=1S/C29H47NO10/c1-17(13-20-10-11-22(31)23(15-20)37-5)19(3)39-28(34)21-9-7-8-12-30(21)27(33)26(32)29(35)18(2)14-24(38-6)25(40-29)16-36-4/h13,18-25,31,35H,7-12,14-16H2,1-6H3/t18-,19+,20+,21+,22-,23-,24+,25?,29-/m1/s1. The van der Waals surface area contributed by atoms with Crippen LogP contribution < -0.4 is 0 Å². The van der Waals surface area contributed by atoms with E-state index in [-0.39, 0.29) is 25.2 Å². The number of nitrogens with zero attached hydrogens (tertiary/aromatic N) is 1. The Kier molecular flexibility index (Phi) is 11.7. The van der Waals surface area contributed by atoms with Crippen molar-refractivity contribution < 1.29 is 48.3 Å². The lowest BCUT2D eigenvalue weighted by Gasteiger charge is -2.44. The Morgan fingerprint density at radius 1 is 1.07 bits per heavy atom. The van der Waals surface area contributed by atoms with Gasteiger partial charge in [0, 0.05) is 33.8 Å². The Labute approximate surface area is 237 Å². The lowest BCUT2D eigenvalue weighted by molar-refractivity contribution is -0.291. The van der Waals surface area contributed by atoms with Gasteiger partial charge in [0.25, 0.3) is 11.7 Å². The second kappa shape index (κ2) is 14.3. The van der Waals surface area contributed by atoms with Crippen LogP contribution in [0.2, 0.25) is 0 Å². The fourth-order valence-electron chi connectivity index (χ4n) is 6.02. The number of ketones is 1. The zero-order valence-corrected chi connectivity index (χ0v) is 24.7. The molecule has 3 fully saturated rings. The topological polar surface area (TPSA) is 141 Å². The van der Waals surface area contributed by atoms with Gasteiger partial charge in [0.2, 0.25) is 5.79 Å². The molecule has 1 amide bonds. The van der Waals surface area contributed by atoms with Crippen molar-refractivity contribution in [3.8, 4) is 0 Å². The van der Waals surface area contributed by atoms with Crippen LogP contribution in [0.3, 0.4) is 0 Å². The highest BCUT2D eigenvalue weighted by molar-refractivity contribution is 6.39. The van der Waals surface area contributed by atoms with Gasteiger partial charge in [-0.3, -0.25) is 9.59 Å². The van der Waals surface area contributed by atoms with E-state index in [0.717, 1.165) is 12.0 Å². The van der Waals surface area contributed by atoms with Crippen molar-refractivity contribution in [2.75, 3.05) is 34.5 Å². The fraction of sp³-hybridized carbons (Fsp3) is 0.828. The maximum absolute atomic E-state index is 13.5. The van der Waals surface area contributed by atoms with E-state index in [2.05, 4.69) is 6.08 Å². The normalized spacial score (nSPS) is 36.1. The molecule has 0 aromatic heterocycles. The average Bonchev–Trinajstić information content (AvgIpc) is 2.94. The largest absolute Gasteiger partial charge is 0.457 e. The lowest BCUT2D eigenvalue weighted by Crippen LogP contribution is -2.63. The number of allylic oxidation sites excluding steroid dienone is 1. The number of aliphatic hydroxyl groups is 2. The number of hydrogen-bond acceptors (Lipinski definition) is 10. The number of amides is 1. The second-order valence-corrected chi connectivity index (χ2v) is 11.5. The number of esters is 1. The number of carbonyl (C=O) groups is 3. The van der Waals surface area contributed by atoms with E-state index in [1.165, 1.54) is 19.1 Å². The predicted octanol–water partition coefficient (Wildman–Crippen LogP) is 1.77. The molecule has 9 atom stereocenters. The first-order valence-corrected chi connectivity index (χ1v) is 14.3. The van der Waals surface area contributed by atoms with Crippen molar-refractivity contribution in [2.45, 2.75) is 108 Å². The van der Waals surface area contributed by atoms with Crippen LogP contribution in [-0.4, -0.2) is 110 Å². The van der Waals surface area contributed by atoms with Gasteiger partial charge in [-0.15, -0.1) is 0 Å². The Balaban J connectivity index is 1.68. The lowest BCUT2D eigenvalue weighted by atomic mass is 9.84. The fourth-order valence-corrected chi connectivity index (χ4v) is 6.02. The average molecular weight is 570 g/mol. The first-order chi connectivity index (χ1) is 19.0. The predicted molar refractivity (Wildman–Crippen MR) is 144 cm³/mol. The van der Waals surface area contributed by atoms with Crippen molar-refractivity contribution >= 4 is 17.7 Å². The molecule has 1 unspecified atom stereocenters. The minimum Gasteiger partial charge on any atom is -0.457 e. The van der Waals surface area contributed by atoms with Crippen LogP contribution in [0, 0.1) is 11.8 Å². The SMILES string of the molecule is COCC1O[C@@](O)(C(=O)C(=O)N2CCCC[C@H]2C(=O)O[C@@H](C)C(C)=C[C@@H]2CC[C@@H](O)[C@H](OC)C2)[C@H](C)C[C@@H]1OC. The number of likely N-dealkylation sites (tertiary alicyclic amines) is 1. The summed E-state index contributed by atoms with van der Waals surface area (Å²) in [5, 5.41) is 21.4. The molecule has 3 aliphatic rings. The molecule has 2 saturated heterocycles. The van der Waals surface area contributed by atoms with Crippen LogP contribution in [0.5, 0.6) is 0 Å². The number of piperidine rings is 1. The van der Waals surface area contributed by atoms with Crippen molar-refractivity contribution in [2.24, 2.45) is 11.8 Å². The van der Waals surface area contributed by atoms with Gasteiger partial charge in [-0.1, -0.05) is 13.0 Å². The number of Topliss-reactive ketones (excluding diaryl/α,β-unsaturated/α-hetero) is 1. The molecular weight excluding hydrogens is 522 g/mol. The van der Waals surface area contributed by atoms with Crippen molar-refractivity contribution in [1.82, 2.24) is 4.90 Å². The maximum Gasteiger partial charge on any atom is 0.329 e. The highest BCUT2D eigenvalue weighted by Crippen LogP contribution is 2.36. The Bertz CT molecular complexity index is 924. The van der Waals surface area contributed by atoms with E-state index in [0.29, 0.717) is 38.5 Å². The molecule has 1 saturated carbocycles. The summed E-state index contributed by atoms with van der Waals surface area (Å²) in [7, 11) is 4.57. The third kappa shape index (κ3) is 7.30. The monoisotopic (exact) mass is 569 g/mol. The van der Waals surface area contributed by atoms with Gasteiger partial charge < -0.3 is 38.8 Å². The molecule has 1 aliphatic carbocycles. The molecule has 0 aromatic carbocycles. The molecule has 0 aromatic rings. The van der Waals surface area contributed by atoms with E-state index in [4.69, 9.17) is 23.7 Å².